The first-order valence-electron chi connectivity index (χ1n) is 8.51. The number of anilines is 1. The number of aromatic nitrogens is 5. The van der Waals surface area contributed by atoms with E-state index < -0.39 is 0 Å². The lowest BCUT2D eigenvalue weighted by atomic mass is 10.2. The highest BCUT2D eigenvalue weighted by atomic mass is 32.1. The van der Waals surface area contributed by atoms with E-state index in [1.54, 1.807) is 24.5 Å². The van der Waals surface area contributed by atoms with Gasteiger partial charge in [-0.25, -0.2) is 9.97 Å². The number of rotatable bonds is 5. The zero-order chi connectivity index (χ0) is 19.0. The summed E-state index contributed by atoms with van der Waals surface area (Å²) in [4.78, 5) is 30.2. The molecule has 4 heterocycles. The van der Waals surface area contributed by atoms with Crippen molar-refractivity contribution in [3.05, 3.63) is 50.8 Å². The number of aryl methyl sites for hydroxylation is 3. The van der Waals surface area contributed by atoms with Gasteiger partial charge < -0.3 is 14.8 Å². The van der Waals surface area contributed by atoms with Gasteiger partial charge in [0.05, 0.1) is 5.39 Å². The molecule has 0 amide bonds. The molecule has 2 N–H and O–H groups in total. The lowest BCUT2D eigenvalue weighted by molar-refractivity contribution is 0.425. The maximum absolute atomic E-state index is 12.3. The van der Waals surface area contributed by atoms with E-state index in [2.05, 4.69) is 30.4 Å². The number of hydrogen-bond acceptors (Lipinski definition) is 8. The van der Waals surface area contributed by atoms with Crippen LogP contribution in [0.3, 0.4) is 0 Å². The van der Waals surface area contributed by atoms with Crippen LogP contribution in [-0.2, 0) is 6.42 Å². The van der Waals surface area contributed by atoms with Gasteiger partial charge in [-0.2, -0.15) is 4.98 Å². The molecular formula is C18H18N6O2S. The first-order chi connectivity index (χ1) is 13.0. The van der Waals surface area contributed by atoms with E-state index in [0.29, 0.717) is 41.7 Å². The fraction of sp³-hybridized carbons (Fsp3) is 0.278. The van der Waals surface area contributed by atoms with Crippen LogP contribution in [0.1, 0.15) is 22.1 Å². The Hall–Kier alpha value is -3.07. The molecule has 0 aliphatic carbocycles. The minimum absolute atomic E-state index is 0.0799. The second kappa shape index (κ2) is 6.92. The van der Waals surface area contributed by atoms with Crippen LogP contribution in [0.2, 0.25) is 0 Å². The Balaban J connectivity index is 1.47. The van der Waals surface area contributed by atoms with Gasteiger partial charge in [0.2, 0.25) is 0 Å². The highest BCUT2D eigenvalue weighted by molar-refractivity contribution is 7.18. The first kappa shape index (κ1) is 17.3. The molecule has 0 saturated heterocycles. The normalized spacial score (nSPS) is 11.2. The van der Waals surface area contributed by atoms with Gasteiger partial charge in [0.15, 0.2) is 5.82 Å². The van der Waals surface area contributed by atoms with Gasteiger partial charge in [0.1, 0.15) is 16.5 Å². The molecule has 0 aromatic carbocycles. The quantitative estimate of drug-likeness (QED) is 0.546. The van der Waals surface area contributed by atoms with Crippen molar-refractivity contribution in [1.82, 2.24) is 25.1 Å². The van der Waals surface area contributed by atoms with Crippen molar-refractivity contribution >= 4 is 27.4 Å². The molecule has 138 valence electrons. The number of pyridine rings is 1. The summed E-state index contributed by atoms with van der Waals surface area (Å²) in [7, 11) is 0. The van der Waals surface area contributed by atoms with Crippen LogP contribution in [0.5, 0.6) is 0 Å². The first-order valence-corrected chi connectivity index (χ1v) is 9.32. The standard InChI is InChI=1S/C18H18N6O2S/c1-9-10(2)27-18-15(9)16(25)22-13(23-18)5-7-20-14-8-12(4-6-19-14)17-21-11(3)24-26-17/h4,6,8H,5,7H2,1-3H3,(H,19,20)(H,22,23,25). The molecule has 0 unspecified atom stereocenters. The van der Waals surface area contributed by atoms with Gasteiger partial charge in [-0.05, 0) is 38.5 Å². The Morgan fingerprint density at radius 2 is 2.11 bits per heavy atom. The molecular weight excluding hydrogens is 364 g/mol. The number of nitrogens with one attached hydrogen (secondary N) is 2. The molecule has 0 atom stereocenters. The fourth-order valence-corrected chi connectivity index (χ4v) is 3.85. The van der Waals surface area contributed by atoms with Crippen molar-refractivity contribution in [3.63, 3.8) is 0 Å². The molecule has 4 aromatic rings. The average Bonchev–Trinajstić information content (AvgIpc) is 3.19. The number of nitrogens with zero attached hydrogens (tertiary/aromatic N) is 4. The number of fused-ring (bicyclic) bond motifs is 1. The average molecular weight is 382 g/mol. The van der Waals surface area contributed by atoms with Crippen LogP contribution >= 0.6 is 11.3 Å². The van der Waals surface area contributed by atoms with Gasteiger partial charge in [0, 0.05) is 29.6 Å². The SMILES string of the molecule is Cc1noc(-c2ccnc(NCCc3nc4sc(C)c(C)c4c(=O)[nH]3)c2)n1. The van der Waals surface area contributed by atoms with Gasteiger partial charge in [-0.15, -0.1) is 11.3 Å². The summed E-state index contributed by atoms with van der Waals surface area (Å²) in [6.07, 6.45) is 2.26. The maximum Gasteiger partial charge on any atom is 0.259 e. The topological polar surface area (TPSA) is 110 Å². The van der Waals surface area contributed by atoms with E-state index in [1.165, 1.54) is 0 Å². The van der Waals surface area contributed by atoms with E-state index in [-0.39, 0.29) is 5.56 Å². The maximum atomic E-state index is 12.3. The van der Waals surface area contributed by atoms with Crippen LogP contribution < -0.4 is 10.9 Å². The van der Waals surface area contributed by atoms with Gasteiger partial charge in [-0.1, -0.05) is 5.16 Å². The van der Waals surface area contributed by atoms with Gasteiger partial charge in [-0.3, -0.25) is 4.79 Å². The van der Waals surface area contributed by atoms with Crippen LogP contribution in [0.25, 0.3) is 21.7 Å². The molecule has 0 saturated carbocycles. The Kier molecular flexibility index (Phi) is 4.44. The van der Waals surface area contributed by atoms with Crippen LogP contribution in [0.15, 0.2) is 27.6 Å². The summed E-state index contributed by atoms with van der Waals surface area (Å²) in [5.41, 5.74) is 1.72. The molecule has 0 fully saturated rings. The summed E-state index contributed by atoms with van der Waals surface area (Å²) >= 11 is 1.55. The molecule has 27 heavy (non-hydrogen) atoms. The molecule has 0 bridgehead atoms. The van der Waals surface area contributed by atoms with E-state index in [4.69, 9.17) is 4.52 Å². The summed E-state index contributed by atoms with van der Waals surface area (Å²) in [6, 6.07) is 3.66. The lowest BCUT2D eigenvalue weighted by Gasteiger charge is -2.06. The third kappa shape index (κ3) is 3.45. The molecule has 0 radical (unpaired) electrons. The third-order valence-electron chi connectivity index (χ3n) is 4.29. The summed E-state index contributed by atoms with van der Waals surface area (Å²) in [5.74, 6) is 2.39. The molecule has 0 aliphatic heterocycles. The van der Waals surface area contributed by atoms with E-state index in [9.17, 15) is 4.79 Å². The van der Waals surface area contributed by atoms with Crippen molar-refractivity contribution < 1.29 is 4.52 Å². The van der Waals surface area contributed by atoms with E-state index in [1.807, 2.05) is 26.0 Å². The van der Waals surface area contributed by atoms with Crippen molar-refractivity contribution in [1.29, 1.82) is 0 Å². The number of thiophene rings is 1. The molecule has 9 heteroatoms. The zero-order valence-corrected chi connectivity index (χ0v) is 16.0. The molecule has 8 nitrogen and oxygen atoms in total. The molecule has 4 rings (SSSR count). The zero-order valence-electron chi connectivity index (χ0n) is 15.2. The Morgan fingerprint density at radius 1 is 1.26 bits per heavy atom. The van der Waals surface area contributed by atoms with E-state index in [0.717, 1.165) is 20.8 Å². The van der Waals surface area contributed by atoms with Crippen molar-refractivity contribution in [2.24, 2.45) is 0 Å². The van der Waals surface area contributed by atoms with Crippen LogP contribution in [0, 0.1) is 20.8 Å². The minimum atomic E-state index is -0.0799. The fourth-order valence-electron chi connectivity index (χ4n) is 2.80. The Labute approximate surface area is 158 Å². The number of hydrogen-bond donors (Lipinski definition) is 2. The third-order valence-corrected chi connectivity index (χ3v) is 5.39. The monoisotopic (exact) mass is 382 g/mol. The predicted octanol–water partition coefficient (Wildman–Crippen LogP) is 3.01. The largest absolute Gasteiger partial charge is 0.370 e. The van der Waals surface area contributed by atoms with Gasteiger partial charge in [0.25, 0.3) is 11.4 Å². The second-order valence-electron chi connectivity index (χ2n) is 6.23. The number of aromatic amines is 1. The Bertz CT molecular complexity index is 1180. The smallest absolute Gasteiger partial charge is 0.259 e. The summed E-state index contributed by atoms with van der Waals surface area (Å²) in [6.45, 7) is 6.31. The minimum Gasteiger partial charge on any atom is -0.370 e. The van der Waals surface area contributed by atoms with Crippen LogP contribution in [-0.4, -0.2) is 31.6 Å². The summed E-state index contributed by atoms with van der Waals surface area (Å²) < 4.78 is 5.18. The lowest BCUT2D eigenvalue weighted by Crippen LogP contribution is -2.15. The highest BCUT2D eigenvalue weighted by Crippen LogP contribution is 2.25. The highest BCUT2D eigenvalue weighted by Gasteiger charge is 2.12. The van der Waals surface area contributed by atoms with Crippen molar-refractivity contribution in [2.45, 2.75) is 27.2 Å². The molecule has 0 aliphatic rings. The molecule has 0 spiro atoms. The summed E-state index contributed by atoms with van der Waals surface area (Å²) in [5, 5.41) is 7.73. The van der Waals surface area contributed by atoms with Crippen molar-refractivity contribution in [2.75, 3.05) is 11.9 Å². The van der Waals surface area contributed by atoms with Crippen molar-refractivity contribution in [3.8, 4) is 11.5 Å². The second-order valence-corrected chi connectivity index (χ2v) is 7.43. The predicted molar refractivity (Wildman–Crippen MR) is 104 cm³/mol. The van der Waals surface area contributed by atoms with Gasteiger partial charge >= 0.3 is 0 Å². The number of H-pyrrole nitrogens is 1. The molecule has 4 aromatic heterocycles. The Morgan fingerprint density at radius 3 is 2.89 bits per heavy atom. The van der Waals surface area contributed by atoms with Crippen LogP contribution in [0.4, 0.5) is 5.82 Å². The van der Waals surface area contributed by atoms with E-state index >= 15 is 0 Å².